The van der Waals surface area contributed by atoms with E-state index in [2.05, 4.69) is 41.7 Å². The Kier molecular flexibility index (Phi) is 9.55. The Morgan fingerprint density at radius 2 is 1.21 bits per heavy atom. The summed E-state index contributed by atoms with van der Waals surface area (Å²) in [5.41, 5.74) is 9.63. The zero-order chi connectivity index (χ0) is 26.4. The molecule has 4 aromatic carbocycles. The van der Waals surface area contributed by atoms with Crippen molar-refractivity contribution in [1.82, 2.24) is 0 Å². The van der Waals surface area contributed by atoms with E-state index in [0.717, 1.165) is 34.5 Å². The minimum Gasteiger partial charge on any atom is -0.398 e. The average molecular weight is 509 g/mol. The van der Waals surface area contributed by atoms with Crippen molar-refractivity contribution in [2.75, 3.05) is 11.1 Å². The third-order valence-electron chi connectivity index (χ3n) is 6.96. The van der Waals surface area contributed by atoms with Gasteiger partial charge in [0.2, 0.25) is 0 Å². The monoisotopic (exact) mass is 508 g/mol. The molecule has 0 saturated heterocycles. The maximum Gasteiger partial charge on any atom is 0.160 e. The number of Topliss-reactive ketones (excluding diaryl/α,β-unsaturated/α-hetero) is 3. The van der Waals surface area contributed by atoms with Crippen LogP contribution in [0.5, 0.6) is 0 Å². The summed E-state index contributed by atoms with van der Waals surface area (Å²) in [4.78, 5) is 32.7. The number of hydrogen-bond acceptors (Lipinski definition) is 5. The molecule has 0 heterocycles. The number of nitrogen functional groups attached to an aromatic ring is 1. The molecular formula is C33H36N2O3. The number of nitrogens with two attached hydrogens (primary N) is 1. The van der Waals surface area contributed by atoms with E-state index in [0.29, 0.717) is 19.3 Å². The minimum absolute atomic E-state index is 0. The Balaban J connectivity index is 0.000000171. The summed E-state index contributed by atoms with van der Waals surface area (Å²) in [6, 6.07) is 28.5. The minimum atomic E-state index is -0.296. The van der Waals surface area contributed by atoms with Crippen LogP contribution in [-0.2, 0) is 14.4 Å². The first kappa shape index (κ1) is 28.3. The first-order valence-electron chi connectivity index (χ1n) is 12.6. The lowest BCUT2D eigenvalue weighted by molar-refractivity contribution is -0.126. The first-order valence-corrected chi connectivity index (χ1v) is 12.6. The molecule has 0 aromatic heterocycles. The van der Waals surface area contributed by atoms with E-state index in [1.807, 2.05) is 55.5 Å². The molecule has 6 rings (SSSR count). The van der Waals surface area contributed by atoms with Crippen molar-refractivity contribution in [3.8, 4) is 0 Å². The van der Waals surface area contributed by atoms with Gasteiger partial charge >= 0.3 is 0 Å². The van der Waals surface area contributed by atoms with Crippen LogP contribution in [-0.4, -0.2) is 17.3 Å². The second kappa shape index (κ2) is 12.8. The van der Waals surface area contributed by atoms with Crippen molar-refractivity contribution >= 4 is 50.3 Å². The number of anilines is 2. The molecule has 0 unspecified atom stereocenters. The highest BCUT2D eigenvalue weighted by molar-refractivity contribution is 6.08. The number of carbonyl (C=O) groups excluding carboxylic acids is 3. The molecule has 38 heavy (non-hydrogen) atoms. The van der Waals surface area contributed by atoms with E-state index in [4.69, 9.17) is 5.73 Å². The third kappa shape index (κ3) is 6.54. The maximum atomic E-state index is 11.5. The van der Waals surface area contributed by atoms with Gasteiger partial charge in [0.1, 0.15) is 11.6 Å². The van der Waals surface area contributed by atoms with Crippen LogP contribution in [0.2, 0.25) is 0 Å². The van der Waals surface area contributed by atoms with Crippen LogP contribution in [0, 0.1) is 5.92 Å². The van der Waals surface area contributed by atoms with Gasteiger partial charge in [-0.3, -0.25) is 14.4 Å². The molecule has 0 amide bonds. The molecule has 5 nitrogen and oxygen atoms in total. The molecular weight excluding hydrogens is 472 g/mol. The first-order chi connectivity index (χ1) is 17.8. The second-order valence-electron chi connectivity index (χ2n) is 9.40. The van der Waals surface area contributed by atoms with Crippen molar-refractivity contribution in [3.05, 3.63) is 96.2 Å². The molecule has 4 aromatic rings. The summed E-state index contributed by atoms with van der Waals surface area (Å²) in [5.74, 6) is 0.178. The predicted octanol–water partition coefficient (Wildman–Crippen LogP) is 7.50. The summed E-state index contributed by atoms with van der Waals surface area (Å²) in [7, 11) is 0. The van der Waals surface area contributed by atoms with Gasteiger partial charge in [0.25, 0.3) is 0 Å². The van der Waals surface area contributed by atoms with Crippen LogP contribution in [0.3, 0.4) is 0 Å². The number of rotatable bonds is 2. The number of fused-ring (bicyclic) bond motifs is 2. The molecule has 0 bridgehead atoms. The SMILES string of the molecule is C.CC1=C(Nc2cccc3ccccc23)CCC1=O.CC1C(=O)CCC1=O.Nc1cccc2ccccc12. The molecule has 3 N–H and O–H groups in total. The summed E-state index contributed by atoms with van der Waals surface area (Å²) >= 11 is 0. The standard InChI is InChI=1S/C16H15NO.C10H9N.C6H8O2.CH4/c1-11-14(9-10-16(11)18)17-15-8-4-6-12-5-2-3-7-13(12)15;11-10-7-3-5-8-4-1-2-6-9(8)10;1-4-5(7)2-3-6(4)8;/h2-8,17H,9-10H2,1H3;1-7H,11H2;4H,2-3H2,1H3;1H4. The quantitative estimate of drug-likeness (QED) is 0.216. The molecule has 5 heteroatoms. The fourth-order valence-corrected chi connectivity index (χ4v) is 4.54. The molecule has 0 atom stereocenters. The Morgan fingerprint density at radius 3 is 1.74 bits per heavy atom. The van der Waals surface area contributed by atoms with Crippen molar-refractivity contribution in [3.63, 3.8) is 0 Å². The van der Waals surface area contributed by atoms with Gasteiger partial charge in [-0.05, 0) is 43.2 Å². The Hall–Kier alpha value is -4.25. The summed E-state index contributed by atoms with van der Waals surface area (Å²) in [6.07, 6.45) is 2.41. The van der Waals surface area contributed by atoms with Crippen LogP contribution in [0.25, 0.3) is 21.5 Å². The molecule has 0 radical (unpaired) electrons. The zero-order valence-electron chi connectivity index (χ0n) is 21.3. The number of benzene rings is 4. The van der Waals surface area contributed by atoms with Crippen LogP contribution < -0.4 is 11.1 Å². The lowest BCUT2D eigenvalue weighted by Crippen LogP contribution is -2.08. The lowest BCUT2D eigenvalue weighted by Gasteiger charge is -2.11. The van der Waals surface area contributed by atoms with E-state index < -0.39 is 0 Å². The van der Waals surface area contributed by atoms with E-state index in [1.54, 1.807) is 6.92 Å². The van der Waals surface area contributed by atoms with Gasteiger partial charge < -0.3 is 11.1 Å². The number of nitrogens with one attached hydrogen (secondary N) is 1. The number of ketones is 3. The fourth-order valence-electron chi connectivity index (χ4n) is 4.54. The highest BCUT2D eigenvalue weighted by atomic mass is 16.2. The molecule has 2 aliphatic carbocycles. The normalized spacial score (nSPS) is 15.1. The van der Waals surface area contributed by atoms with Gasteiger partial charge in [-0.25, -0.2) is 0 Å². The Morgan fingerprint density at radius 1 is 0.684 bits per heavy atom. The van der Waals surface area contributed by atoms with E-state index in [1.165, 1.54) is 16.2 Å². The summed E-state index contributed by atoms with van der Waals surface area (Å²) in [5, 5.41) is 8.17. The highest BCUT2D eigenvalue weighted by Crippen LogP contribution is 2.29. The highest BCUT2D eigenvalue weighted by Gasteiger charge is 2.27. The average Bonchev–Trinajstić information content (AvgIpc) is 3.40. The Labute approximate surface area is 224 Å². The topological polar surface area (TPSA) is 89.3 Å². The smallest absolute Gasteiger partial charge is 0.160 e. The van der Waals surface area contributed by atoms with Crippen molar-refractivity contribution in [2.24, 2.45) is 5.92 Å². The molecule has 0 aliphatic heterocycles. The van der Waals surface area contributed by atoms with Crippen LogP contribution in [0.4, 0.5) is 11.4 Å². The summed E-state index contributed by atoms with van der Waals surface area (Å²) in [6.45, 7) is 3.58. The van der Waals surface area contributed by atoms with Crippen molar-refractivity contribution < 1.29 is 14.4 Å². The fraction of sp³-hybridized carbons (Fsp3) is 0.242. The van der Waals surface area contributed by atoms with Crippen molar-refractivity contribution in [2.45, 2.75) is 47.0 Å². The molecule has 196 valence electrons. The van der Waals surface area contributed by atoms with Gasteiger partial charge in [0, 0.05) is 52.7 Å². The molecule has 0 spiro atoms. The maximum absolute atomic E-state index is 11.5. The number of allylic oxidation sites excluding steroid dienone is 2. The third-order valence-corrected chi connectivity index (χ3v) is 6.96. The molecule has 1 saturated carbocycles. The molecule has 1 fully saturated rings. The van der Waals surface area contributed by atoms with Gasteiger partial charge in [0.15, 0.2) is 5.78 Å². The summed E-state index contributed by atoms with van der Waals surface area (Å²) < 4.78 is 0. The van der Waals surface area contributed by atoms with Crippen LogP contribution in [0.1, 0.15) is 47.0 Å². The van der Waals surface area contributed by atoms with Gasteiger partial charge in [0.05, 0.1) is 5.92 Å². The van der Waals surface area contributed by atoms with Crippen molar-refractivity contribution in [1.29, 1.82) is 0 Å². The number of carbonyl (C=O) groups is 3. The number of hydrogen-bond donors (Lipinski definition) is 2. The van der Waals surface area contributed by atoms with Gasteiger partial charge in [-0.1, -0.05) is 80.2 Å². The largest absolute Gasteiger partial charge is 0.398 e. The van der Waals surface area contributed by atoms with E-state index in [9.17, 15) is 14.4 Å². The predicted molar refractivity (Wildman–Crippen MR) is 158 cm³/mol. The lowest BCUT2D eigenvalue weighted by atomic mass is 10.1. The van der Waals surface area contributed by atoms with Gasteiger partial charge in [-0.2, -0.15) is 0 Å². The van der Waals surface area contributed by atoms with E-state index in [-0.39, 0.29) is 30.7 Å². The van der Waals surface area contributed by atoms with E-state index >= 15 is 0 Å². The Bertz CT molecular complexity index is 1480. The van der Waals surface area contributed by atoms with Crippen LogP contribution >= 0.6 is 0 Å². The second-order valence-corrected chi connectivity index (χ2v) is 9.40. The van der Waals surface area contributed by atoms with Crippen LogP contribution in [0.15, 0.2) is 96.2 Å². The zero-order valence-corrected chi connectivity index (χ0v) is 21.3. The molecule has 2 aliphatic rings. The van der Waals surface area contributed by atoms with Gasteiger partial charge in [-0.15, -0.1) is 0 Å².